The Kier molecular flexibility index (Phi) is 3.92. The van der Waals surface area contributed by atoms with E-state index in [0.717, 1.165) is 24.2 Å². The Labute approximate surface area is 146 Å². The van der Waals surface area contributed by atoms with Gasteiger partial charge in [0.15, 0.2) is 0 Å². The molecule has 2 heterocycles. The minimum Gasteiger partial charge on any atom is -0.481 e. The SMILES string of the molecule is O=C(O)C1CC2CCC1N2C(=O)N(c1ccccc1)c1ccccc1. The number of rotatable bonds is 3. The molecule has 0 aliphatic carbocycles. The Bertz CT molecular complexity index is 739. The van der Waals surface area contributed by atoms with Crippen LogP contribution in [-0.4, -0.2) is 34.1 Å². The molecule has 2 aliphatic rings. The van der Waals surface area contributed by atoms with Gasteiger partial charge in [0.1, 0.15) is 0 Å². The van der Waals surface area contributed by atoms with Crippen LogP contribution in [0.5, 0.6) is 0 Å². The van der Waals surface area contributed by atoms with Crippen molar-refractivity contribution in [1.82, 2.24) is 4.90 Å². The van der Waals surface area contributed by atoms with Crippen molar-refractivity contribution in [1.29, 1.82) is 0 Å². The third-order valence-electron chi connectivity index (χ3n) is 5.29. The summed E-state index contributed by atoms with van der Waals surface area (Å²) in [5, 5.41) is 9.46. The van der Waals surface area contributed by atoms with E-state index in [9.17, 15) is 14.7 Å². The second-order valence-electron chi connectivity index (χ2n) is 6.68. The second kappa shape index (κ2) is 6.24. The van der Waals surface area contributed by atoms with Crippen molar-refractivity contribution in [3.63, 3.8) is 0 Å². The molecule has 2 amide bonds. The molecule has 3 unspecified atom stereocenters. The van der Waals surface area contributed by atoms with Gasteiger partial charge in [-0.05, 0) is 43.5 Å². The summed E-state index contributed by atoms with van der Waals surface area (Å²) in [6.45, 7) is 0. The third-order valence-corrected chi connectivity index (χ3v) is 5.29. The largest absolute Gasteiger partial charge is 0.481 e. The normalized spacial score (nSPS) is 24.3. The topological polar surface area (TPSA) is 60.9 Å². The minimum atomic E-state index is -0.795. The van der Waals surface area contributed by atoms with E-state index in [2.05, 4.69) is 0 Å². The zero-order valence-electron chi connectivity index (χ0n) is 13.8. The summed E-state index contributed by atoms with van der Waals surface area (Å²) >= 11 is 0. The molecular formula is C20H20N2O3. The molecular weight excluding hydrogens is 316 g/mol. The number of urea groups is 1. The fraction of sp³-hybridized carbons (Fsp3) is 0.300. The zero-order valence-corrected chi connectivity index (χ0v) is 13.8. The number of carbonyl (C=O) groups is 2. The quantitative estimate of drug-likeness (QED) is 0.925. The van der Waals surface area contributed by atoms with Crippen molar-refractivity contribution in [3.8, 4) is 0 Å². The lowest BCUT2D eigenvalue weighted by atomic mass is 9.89. The summed E-state index contributed by atoms with van der Waals surface area (Å²) in [6, 6.07) is 18.7. The van der Waals surface area contributed by atoms with E-state index in [-0.39, 0.29) is 18.1 Å². The summed E-state index contributed by atoms with van der Waals surface area (Å²) in [4.78, 5) is 28.4. The molecule has 5 nitrogen and oxygen atoms in total. The van der Waals surface area contributed by atoms with Gasteiger partial charge in [0.2, 0.25) is 0 Å². The number of hydrogen-bond acceptors (Lipinski definition) is 2. The van der Waals surface area contributed by atoms with Crippen LogP contribution in [0.1, 0.15) is 19.3 Å². The Hall–Kier alpha value is -2.82. The average Bonchev–Trinajstić information content (AvgIpc) is 3.22. The van der Waals surface area contributed by atoms with Gasteiger partial charge >= 0.3 is 12.0 Å². The maximum absolute atomic E-state index is 13.4. The van der Waals surface area contributed by atoms with Crippen molar-refractivity contribution in [2.75, 3.05) is 4.90 Å². The molecule has 3 atom stereocenters. The van der Waals surface area contributed by atoms with E-state index in [1.807, 2.05) is 60.7 Å². The second-order valence-corrected chi connectivity index (χ2v) is 6.68. The standard InChI is InChI=1S/C20H20N2O3/c23-19(24)17-13-16-11-12-18(17)22(16)20(25)21(14-7-3-1-4-8-14)15-9-5-2-6-10-15/h1-10,16-18H,11-13H2,(H,23,24). The summed E-state index contributed by atoms with van der Waals surface area (Å²) in [5.74, 6) is -1.24. The van der Waals surface area contributed by atoms with Crippen molar-refractivity contribution in [3.05, 3.63) is 60.7 Å². The van der Waals surface area contributed by atoms with Crippen LogP contribution < -0.4 is 4.90 Å². The van der Waals surface area contributed by atoms with Crippen molar-refractivity contribution in [2.45, 2.75) is 31.3 Å². The highest BCUT2D eigenvalue weighted by Crippen LogP contribution is 2.43. The van der Waals surface area contributed by atoms with Crippen LogP contribution in [0, 0.1) is 5.92 Å². The summed E-state index contributed by atoms with van der Waals surface area (Å²) in [6.07, 6.45) is 2.21. The number of benzene rings is 2. The van der Waals surface area contributed by atoms with Gasteiger partial charge in [-0.15, -0.1) is 0 Å². The highest BCUT2D eigenvalue weighted by atomic mass is 16.4. The molecule has 1 N–H and O–H groups in total. The molecule has 2 aliphatic heterocycles. The smallest absolute Gasteiger partial charge is 0.329 e. The Balaban J connectivity index is 1.71. The van der Waals surface area contributed by atoms with Gasteiger partial charge < -0.3 is 10.0 Å². The lowest BCUT2D eigenvalue weighted by molar-refractivity contribution is -0.142. The molecule has 128 valence electrons. The predicted molar refractivity (Wildman–Crippen MR) is 94.8 cm³/mol. The van der Waals surface area contributed by atoms with Gasteiger partial charge in [-0.2, -0.15) is 0 Å². The van der Waals surface area contributed by atoms with Crippen molar-refractivity contribution < 1.29 is 14.7 Å². The number of carbonyl (C=O) groups excluding carboxylic acids is 1. The van der Waals surface area contributed by atoms with Crippen LogP contribution in [0.3, 0.4) is 0 Å². The molecule has 4 rings (SSSR count). The van der Waals surface area contributed by atoms with E-state index in [4.69, 9.17) is 0 Å². The minimum absolute atomic E-state index is 0.0218. The van der Waals surface area contributed by atoms with Gasteiger partial charge in [0.25, 0.3) is 0 Å². The lowest BCUT2D eigenvalue weighted by Gasteiger charge is -2.31. The van der Waals surface area contributed by atoms with Gasteiger partial charge in [0.05, 0.1) is 17.3 Å². The average molecular weight is 336 g/mol. The fourth-order valence-electron chi connectivity index (χ4n) is 4.19. The number of hydrogen-bond donors (Lipinski definition) is 1. The van der Waals surface area contributed by atoms with E-state index >= 15 is 0 Å². The summed E-state index contributed by atoms with van der Waals surface area (Å²) in [5.41, 5.74) is 1.58. The molecule has 0 saturated carbocycles. The Morgan fingerprint density at radius 3 is 1.96 bits per heavy atom. The monoisotopic (exact) mass is 336 g/mol. The van der Waals surface area contributed by atoms with Crippen molar-refractivity contribution in [2.24, 2.45) is 5.92 Å². The van der Waals surface area contributed by atoms with Crippen LogP contribution in [0.4, 0.5) is 16.2 Å². The van der Waals surface area contributed by atoms with Gasteiger partial charge in [-0.1, -0.05) is 36.4 Å². The number of amides is 2. The number of para-hydroxylation sites is 2. The first kappa shape index (κ1) is 15.7. The number of aliphatic carboxylic acids is 1. The first-order chi connectivity index (χ1) is 12.2. The molecule has 2 aromatic carbocycles. The number of fused-ring (bicyclic) bond motifs is 2. The summed E-state index contributed by atoms with van der Waals surface area (Å²) in [7, 11) is 0. The van der Waals surface area contributed by atoms with Gasteiger partial charge in [-0.25, -0.2) is 4.79 Å². The van der Waals surface area contributed by atoms with Crippen LogP contribution in [0.25, 0.3) is 0 Å². The fourth-order valence-corrected chi connectivity index (χ4v) is 4.19. The van der Waals surface area contributed by atoms with Crippen molar-refractivity contribution >= 4 is 23.4 Å². The van der Waals surface area contributed by atoms with Gasteiger partial charge in [0, 0.05) is 12.1 Å². The molecule has 2 bridgehead atoms. The zero-order chi connectivity index (χ0) is 17.4. The molecule has 25 heavy (non-hydrogen) atoms. The predicted octanol–water partition coefficient (Wildman–Crippen LogP) is 3.88. The van der Waals surface area contributed by atoms with E-state index < -0.39 is 11.9 Å². The molecule has 2 saturated heterocycles. The highest BCUT2D eigenvalue weighted by molar-refractivity contribution is 6.00. The maximum Gasteiger partial charge on any atom is 0.329 e. The lowest BCUT2D eigenvalue weighted by Crippen LogP contribution is -2.45. The molecule has 0 radical (unpaired) electrons. The van der Waals surface area contributed by atoms with Crippen LogP contribution >= 0.6 is 0 Å². The molecule has 0 spiro atoms. The molecule has 5 heteroatoms. The molecule has 2 aromatic rings. The number of carboxylic acids is 1. The van der Waals surface area contributed by atoms with Crippen LogP contribution in [-0.2, 0) is 4.79 Å². The first-order valence-corrected chi connectivity index (χ1v) is 8.62. The third kappa shape index (κ3) is 2.65. The Morgan fingerprint density at radius 2 is 1.48 bits per heavy atom. The maximum atomic E-state index is 13.4. The van der Waals surface area contributed by atoms with Gasteiger partial charge in [-0.3, -0.25) is 9.69 Å². The number of carboxylic acid groups (broad SMARTS) is 1. The molecule has 2 fully saturated rings. The summed E-state index contributed by atoms with van der Waals surface area (Å²) < 4.78 is 0. The van der Waals surface area contributed by atoms with Crippen LogP contribution in [0.15, 0.2) is 60.7 Å². The number of anilines is 2. The highest BCUT2D eigenvalue weighted by Gasteiger charge is 2.52. The first-order valence-electron chi connectivity index (χ1n) is 8.62. The van der Waals surface area contributed by atoms with E-state index in [1.54, 1.807) is 9.80 Å². The van der Waals surface area contributed by atoms with E-state index in [1.165, 1.54) is 0 Å². The molecule has 0 aromatic heterocycles. The van der Waals surface area contributed by atoms with E-state index in [0.29, 0.717) is 6.42 Å². The Morgan fingerprint density at radius 1 is 0.920 bits per heavy atom. The number of nitrogens with zero attached hydrogens (tertiary/aromatic N) is 2. The van der Waals surface area contributed by atoms with Crippen LogP contribution in [0.2, 0.25) is 0 Å².